The molecule has 114 valence electrons. The summed E-state index contributed by atoms with van der Waals surface area (Å²) in [6.07, 6.45) is 8.36. The first-order valence-electron chi connectivity index (χ1n) is 8.43. The topological polar surface area (TPSA) is 32.3 Å². The lowest BCUT2D eigenvalue weighted by atomic mass is 9.75. The van der Waals surface area contributed by atoms with E-state index >= 15 is 0 Å². The summed E-state index contributed by atoms with van der Waals surface area (Å²) in [5.41, 5.74) is 0.323. The van der Waals surface area contributed by atoms with Crippen LogP contribution in [0, 0.1) is 11.3 Å². The number of carbonyl (C=O) groups is 1. The van der Waals surface area contributed by atoms with Gasteiger partial charge >= 0.3 is 0 Å². The number of nitrogens with one attached hydrogen (secondary N) is 1. The van der Waals surface area contributed by atoms with Gasteiger partial charge in [0, 0.05) is 6.04 Å². The van der Waals surface area contributed by atoms with Gasteiger partial charge in [0.25, 0.3) is 0 Å². The van der Waals surface area contributed by atoms with E-state index in [1.165, 1.54) is 25.7 Å². The highest BCUT2D eigenvalue weighted by atomic mass is 16.2. The summed E-state index contributed by atoms with van der Waals surface area (Å²) in [7, 11) is 0. The van der Waals surface area contributed by atoms with Crippen molar-refractivity contribution in [3.8, 4) is 0 Å². The lowest BCUT2D eigenvalue weighted by Crippen LogP contribution is -2.47. The lowest BCUT2D eigenvalue weighted by molar-refractivity contribution is -0.134. The molecule has 0 aromatic carbocycles. The van der Waals surface area contributed by atoms with Crippen LogP contribution >= 0.6 is 0 Å². The molecule has 0 aromatic heterocycles. The molecule has 3 rings (SSSR count). The summed E-state index contributed by atoms with van der Waals surface area (Å²) in [5, 5.41) is 3.67. The largest absolute Gasteiger partial charge is 0.323 e. The van der Waals surface area contributed by atoms with Crippen LogP contribution in [0.25, 0.3) is 0 Å². The third-order valence-corrected chi connectivity index (χ3v) is 5.57. The molecule has 3 nitrogen and oxygen atoms in total. The van der Waals surface area contributed by atoms with Crippen molar-refractivity contribution < 1.29 is 4.79 Å². The summed E-state index contributed by atoms with van der Waals surface area (Å²) < 4.78 is 0. The molecular formula is C17H30N2O. The summed E-state index contributed by atoms with van der Waals surface area (Å²) in [6.45, 7) is 9.24. The highest BCUT2D eigenvalue weighted by Crippen LogP contribution is 2.46. The highest BCUT2D eigenvalue weighted by Gasteiger charge is 2.60. The number of amides is 1. The maximum atomic E-state index is 12.8. The first kappa shape index (κ1) is 14.4. The van der Waals surface area contributed by atoms with Gasteiger partial charge in [0.05, 0.1) is 11.7 Å². The third-order valence-electron chi connectivity index (χ3n) is 5.57. The van der Waals surface area contributed by atoms with E-state index < -0.39 is 0 Å². The van der Waals surface area contributed by atoms with Gasteiger partial charge in [-0.15, -0.1) is 0 Å². The van der Waals surface area contributed by atoms with Gasteiger partial charge in [0.15, 0.2) is 0 Å². The Bertz CT molecular complexity index is 388. The Hall–Kier alpha value is -0.570. The molecule has 0 bridgehead atoms. The van der Waals surface area contributed by atoms with Gasteiger partial charge in [0.1, 0.15) is 0 Å². The molecule has 1 atom stereocenters. The van der Waals surface area contributed by atoms with Crippen molar-refractivity contribution in [1.82, 2.24) is 10.2 Å². The average Bonchev–Trinajstić information content (AvgIpc) is 3.06. The zero-order chi connectivity index (χ0) is 14.5. The molecule has 3 fully saturated rings. The van der Waals surface area contributed by atoms with Crippen molar-refractivity contribution in [2.45, 2.75) is 90.4 Å². The Morgan fingerprint density at radius 3 is 2.30 bits per heavy atom. The minimum Gasteiger partial charge on any atom is -0.323 e. The van der Waals surface area contributed by atoms with E-state index in [2.05, 4.69) is 37.9 Å². The van der Waals surface area contributed by atoms with Crippen molar-refractivity contribution in [3.63, 3.8) is 0 Å². The van der Waals surface area contributed by atoms with Gasteiger partial charge in [-0.25, -0.2) is 0 Å². The Morgan fingerprint density at radius 1 is 1.20 bits per heavy atom. The van der Waals surface area contributed by atoms with E-state index in [1.54, 1.807) is 0 Å². The second-order valence-corrected chi connectivity index (χ2v) is 8.48. The van der Waals surface area contributed by atoms with E-state index in [-0.39, 0.29) is 11.7 Å². The number of carbonyl (C=O) groups excluding carboxylic acids is 1. The van der Waals surface area contributed by atoms with Crippen LogP contribution in [0.1, 0.15) is 72.6 Å². The maximum Gasteiger partial charge on any atom is 0.244 e. The highest BCUT2D eigenvalue weighted by molar-refractivity contribution is 5.92. The van der Waals surface area contributed by atoms with Crippen molar-refractivity contribution in [2.75, 3.05) is 0 Å². The quantitative estimate of drug-likeness (QED) is 0.859. The normalized spacial score (nSPS) is 32.4. The number of rotatable bonds is 3. The molecule has 20 heavy (non-hydrogen) atoms. The fourth-order valence-corrected chi connectivity index (χ4v) is 4.02. The number of hydrogen-bond donors (Lipinski definition) is 1. The van der Waals surface area contributed by atoms with Crippen LogP contribution < -0.4 is 5.32 Å². The van der Waals surface area contributed by atoms with E-state index in [9.17, 15) is 4.79 Å². The lowest BCUT2D eigenvalue weighted by Gasteiger charge is -2.41. The van der Waals surface area contributed by atoms with Gasteiger partial charge in [-0.2, -0.15) is 0 Å². The molecule has 3 heteroatoms. The molecule has 1 spiro atoms. The minimum atomic E-state index is -0.146. The van der Waals surface area contributed by atoms with Gasteiger partial charge in [-0.3, -0.25) is 10.1 Å². The van der Waals surface area contributed by atoms with Gasteiger partial charge < -0.3 is 4.90 Å². The number of nitrogens with zero attached hydrogens (tertiary/aromatic N) is 1. The van der Waals surface area contributed by atoms with Crippen LogP contribution in [-0.4, -0.2) is 28.6 Å². The second kappa shape index (κ2) is 4.72. The summed E-state index contributed by atoms with van der Waals surface area (Å²) in [5.74, 6) is 1.05. The molecule has 2 saturated carbocycles. The third kappa shape index (κ3) is 2.49. The van der Waals surface area contributed by atoms with Crippen LogP contribution in [-0.2, 0) is 4.79 Å². The summed E-state index contributed by atoms with van der Waals surface area (Å²) in [6, 6.07) is 0.478. The van der Waals surface area contributed by atoms with Crippen LogP contribution in [0.2, 0.25) is 0 Å². The Morgan fingerprint density at radius 2 is 1.80 bits per heavy atom. The first-order valence-corrected chi connectivity index (χ1v) is 8.43. The maximum absolute atomic E-state index is 12.8. The van der Waals surface area contributed by atoms with E-state index in [0.717, 1.165) is 19.3 Å². The Kier molecular flexibility index (Phi) is 3.39. The number of hydrogen-bond acceptors (Lipinski definition) is 2. The zero-order valence-corrected chi connectivity index (χ0v) is 13.5. The van der Waals surface area contributed by atoms with E-state index in [4.69, 9.17) is 0 Å². The van der Waals surface area contributed by atoms with Crippen molar-refractivity contribution >= 4 is 5.91 Å². The molecule has 2 aliphatic carbocycles. The summed E-state index contributed by atoms with van der Waals surface area (Å²) >= 11 is 0. The molecule has 1 unspecified atom stereocenters. The fourth-order valence-electron chi connectivity index (χ4n) is 4.02. The SMILES string of the molecule is CC(C)CC1NC2(CC2)C(=O)N1C1CCC(C)(C)CC1. The van der Waals surface area contributed by atoms with Crippen molar-refractivity contribution in [2.24, 2.45) is 11.3 Å². The molecule has 1 amide bonds. The summed E-state index contributed by atoms with van der Waals surface area (Å²) in [4.78, 5) is 15.1. The smallest absolute Gasteiger partial charge is 0.244 e. The van der Waals surface area contributed by atoms with Gasteiger partial charge in [-0.1, -0.05) is 27.7 Å². The molecule has 0 radical (unpaired) electrons. The average molecular weight is 278 g/mol. The van der Waals surface area contributed by atoms with E-state index in [0.29, 0.717) is 23.3 Å². The first-order chi connectivity index (χ1) is 9.33. The standard InChI is InChI=1S/C17H30N2O/c1-12(2)11-14-18-17(9-10-17)15(20)19(14)13-5-7-16(3,4)8-6-13/h12-14,18H,5-11H2,1-4H3. The molecule has 3 aliphatic rings. The predicted molar refractivity (Wildman–Crippen MR) is 81.2 cm³/mol. The predicted octanol–water partition coefficient (Wildman–Crippen LogP) is 3.29. The minimum absolute atomic E-state index is 0.146. The molecule has 1 aliphatic heterocycles. The molecule has 1 N–H and O–H groups in total. The van der Waals surface area contributed by atoms with Crippen molar-refractivity contribution in [1.29, 1.82) is 0 Å². The van der Waals surface area contributed by atoms with Crippen molar-refractivity contribution in [3.05, 3.63) is 0 Å². The van der Waals surface area contributed by atoms with Crippen LogP contribution in [0.5, 0.6) is 0 Å². The molecule has 1 saturated heterocycles. The molecule has 0 aromatic rings. The Balaban J connectivity index is 1.73. The molecule has 1 heterocycles. The van der Waals surface area contributed by atoms with Crippen LogP contribution in [0.4, 0.5) is 0 Å². The van der Waals surface area contributed by atoms with Crippen LogP contribution in [0.3, 0.4) is 0 Å². The fraction of sp³-hybridized carbons (Fsp3) is 0.941. The molecular weight excluding hydrogens is 248 g/mol. The van der Waals surface area contributed by atoms with E-state index in [1.807, 2.05) is 0 Å². The zero-order valence-electron chi connectivity index (χ0n) is 13.5. The monoisotopic (exact) mass is 278 g/mol. The second-order valence-electron chi connectivity index (χ2n) is 8.48. The van der Waals surface area contributed by atoms with Gasteiger partial charge in [0.2, 0.25) is 5.91 Å². The van der Waals surface area contributed by atoms with Gasteiger partial charge in [-0.05, 0) is 56.3 Å². The van der Waals surface area contributed by atoms with Crippen LogP contribution in [0.15, 0.2) is 0 Å². The Labute approximate surface area is 123 Å².